The molecule has 0 aromatic heterocycles. The predicted molar refractivity (Wildman–Crippen MR) is 122 cm³/mol. The highest BCUT2D eigenvalue weighted by Crippen LogP contribution is 2.43. The molecule has 4 rings (SSSR count). The van der Waals surface area contributed by atoms with E-state index in [0.717, 1.165) is 12.2 Å². The summed E-state index contributed by atoms with van der Waals surface area (Å²) in [5.74, 6) is 0. The third-order valence-corrected chi connectivity index (χ3v) is 5.14. The second kappa shape index (κ2) is 9.22. The molecule has 1 N–H and O–H groups in total. The lowest BCUT2D eigenvalue weighted by molar-refractivity contribution is 0.711. The summed E-state index contributed by atoms with van der Waals surface area (Å²) in [5.41, 5.74) is 4.11. The van der Waals surface area contributed by atoms with Crippen LogP contribution < -0.4 is 5.32 Å². The quantitative estimate of drug-likeness (QED) is 0.277. The Bertz CT molecular complexity index is 887. The van der Waals surface area contributed by atoms with Crippen LogP contribution in [-0.4, -0.2) is 13.1 Å². The van der Waals surface area contributed by atoms with Crippen LogP contribution in [0.1, 0.15) is 16.7 Å². The maximum absolute atomic E-state index is 5.32. The van der Waals surface area contributed by atoms with E-state index >= 15 is 0 Å². The van der Waals surface area contributed by atoms with Crippen molar-refractivity contribution < 1.29 is 0 Å². The van der Waals surface area contributed by atoms with Crippen molar-refractivity contribution in [3.05, 3.63) is 143 Å². The van der Waals surface area contributed by atoms with Gasteiger partial charge in [0.05, 0.1) is 0 Å². The molecular formula is C27H25N2-. The van der Waals surface area contributed by atoms with Crippen molar-refractivity contribution in [3.8, 4) is 0 Å². The lowest BCUT2D eigenvalue weighted by atomic mass is 9.77. The Hall–Kier alpha value is -3.36. The van der Waals surface area contributed by atoms with Gasteiger partial charge in [0.1, 0.15) is 0 Å². The van der Waals surface area contributed by atoms with Gasteiger partial charge < -0.3 is 10.6 Å². The maximum atomic E-state index is 5.32. The van der Waals surface area contributed by atoms with Gasteiger partial charge in [-0.25, -0.2) is 0 Å². The van der Waals surface area contributed by atoms with E-state index in [-0.39, 0.29) is 0 Å². The number of anilines is 1. The standard InChI is InChI=1S/C27H25N2/c1-5-13-23(14-6-1)27(24-15-7-2-8-16-24,25-17-9-3-10-18-25)29-22-21-28-26-19-11-4-12-20-26/h1-20,28H,21-22H2/q-1. The van der Waals surface area contributed by atoms with Crippen molar-refractivity contribution in [2.75, 3.05) is 18.4 Å². The number of nitrogens with one attached hydrogen (secondary N) is 1. The second-order valence-electron chi connectivity index (χ2n) is 6.98. The lowest BCUT2D eigenvalue weighted by Crippen LogP contribution is -2.30. The summed E-state index contributed by atoms with van der Waals surface area (Å²) in [6, 6.07) is 42.0. The van der Waals surface area contributed by atoms with Crippen molar-refractivity contribution in [2.24, 2.45) is 0 Å². The Morgan fingerprint density at radius 2 is 0.897 bits per heavy atom. The van der Waals surface area contributed by atoms with Crippen LogP contribution in [-0.2, 0) is 5.54 Å². The van der Waals surface area contributed by atoms with Gasteiger partial charge >= 0.3 is 0 Å². The van der Waals surface area contributed by atoms with Crippen LogP contribution in [0, 0.1) is 0 Å². The zero-order valence-electron chi connectivity index (χ0n) is 16.4. The molecule has 0 aliphatic rings. The first-order chi connectivity index (χ1) is 14.4. The van der Waals surface area contributed by atoms with E-state index in [9.17, 15) is 0 Å². The molecule has 2 nitrogen and oxygen atoms in total. The smallest absolute Gasteiger partial charge is 0.0339 e. The van der Waals surface area contributed by atoms with Crippen molar-refractivity contribution in [1.29, 1.82) is 0 Å². The number of hydrogen-bond donors (Lipinski definition) is 1. The van der Waals surface area contributed by atoms with Crippen molar-refractivity contribution >= 4 is 5.69 Å². The Morgan fingerprint density at radius 1 is 0.517 bits per heavy atom. The molecule has 0 atom stereocenters. The van der Waals surface area contributed by atoms with Crippen LogP contribution >= 0.6 is 0 Å². The van der Waals surface area contributed by atoms with E-state index in [1.54, 1.807) is 0 Å². The van der Waals surface area contributed by atoms with Crippen LogP contribution in [0.25, 0.3) is 5.32 Å². The van der Waals surface area contributed by atoms with Crippen LogP contribution in [0.5, 0.6) is 0 Å². The Morgan fingerprint density at radius 3 is 1.31 bits per heavy atom. The van der Waals surface area contributed by atoms with Gasteiger partial charge in [0.15, 0.2) is 0 Å². The minimum atomic E-state index is -0.540. The largest absolute Gasteiger partial charge is 0.644 e. The highest BCUT2D eigenvalue weighted by molar-refractivity contribution is 5.55. The van der Waals surface area contributed by atoms with E-state index in [0.29, 0.717) is 6.54 Å². The Kier molecular flexibility index (Phi) is 6.04. The fraction of sp³-hybridized carbons (Fsp3) is 0.111. The van der Waals surface area contributed by atoms with Gasteiger partial charge in [0.2, 0.25) is 0 Å². The van der Waals surface area contributed by atoms with Gasteiger partial charge in [-0.05, 0) is 24.2 Å². The molecule has 0 radical (unpaired) electrons. The van der Waals surface area contributed by atoms with E-state index in [2.05, 4.69) is 108 Å². The first kappa shape index (κ1) is 19.0. The van der Waals surface area contributed by atoms with Gasteiger partial charge in [0, 0.05) is 5.69 Å². The summed E-state index contributed by atoms with van der Waals surface area (Å²) in [6.07, 6.45) is 0. The molecule has 0 amide bonds. The van der Waals surface area contributed by atoms with Crippen LogP contribution in [0.4, 0.5) is 5.69 Å². The SMILES string of the molecule is c1ccc(NCC[N-]C(c2ccccc2)(c2ccccc2)c2ccccc2)cc1. The molecule has 0 unspecified atom stereocenters. The van der Waals surface area contributed by atoms with Gasteiger partial charge in [-0.3, -0.25) is 0 Å². The first-order valence-electron chi connectivity index (χ1n) is 10.0. The zero-order chi connectivity index (χ0) is 19.8. The summed E-state index contributed by atoms with van der Waals surface area (Å²) in [7, 11) is 0. The molecule has 0 saturated heterocycles. The molecule has 0 fully saturated rings. The van der Waals surface area contributed by atoms with E-state index in [1.165, 1.54) is 16.7 Å². The van der Waals surface area contributed by atoms with Crippen LogP contribution in [0.15, 0.2) is 121 Å². The molecule has 0 bridgehead atoms. The number of para-hydroxylation sites is 1. The molecule has 144 valence electrons. The monoisotopic (exact) mass is 377 g/mol. The van der Waals surface area contributed by atoms with Gasteiger partial charge in [-0.2, -0.15) is 0 Å². The normalized spacial score (nSPS) is 11.2. The van der Waals surface area contributed by atoms with Gasteiger partial charge in [0.25, 0.3) is 0 Å². The minimum Gasteiger partial charge on any atom is -0.644 e. The summed E-state index contributed by atoms with van der Waals surface area (Å²) < 4.78 is 0. The highest BCUT2D eigenvalue weighted by atomic mass is 15.0. The fourth-order valence-electron chi connectivity index (χ4n) is 3.79. The minimum absolute atomic E-state index is 0.540. The van der Waals surface area contributed by atoms with Crippen LogP contribution in [0.3, 0.4) is 0 Å². The Balaban J connectivity index is 1.70. The molecule has 4 aromatic carbocycles. The average molecular weight is 378 g/mol. The number of rotatable bonds is 8. The van der Waals surface area contributed by atoms with E-state index in [4.69, 9.17) is 5.32 Å². The molecule has 2 heteroatoms. The van der Waals surface area contributed by atoms with Crippen molar-refractivity contribution in [2.45, 2.75) is 5.54 Å². The van der Waals surface area contributed by atoms with Gasteiger partial charge in [-0.1, -0.05) is 126 Å². The maximum Gasteiger partial charge on any atom is 0.0339 e. The van der Waals surface area contributed by atoms with Crippen molar-refractivity contribution in [1.82, 2.24) is 0 Å². The second-order valence-corrected chi connectivity index (χ2v) is 6.98. The van der Waals surface area contributed by atoms with Crippen molar-refractivity contribution in [3.63, 3.8) is 0 Å². The summed E-state index contributed by atoms with van der Waals surface area (Å²) in [4.78, 5) is 0. The third-order valence-electron chi connectivity index (χ3n) is 5.14. The summed E-state index contributed by atoms with van der Waals surface area (Å²) in [6.45, 7) is 1.46. The molecule has 0 saturated carbocycles. The number of nitrogens with zero attached hydrogens (tertiary/aromatic N) is 1. The number of benzene rings is 4. The molecular weight excluding hydrogens is 352 g/mol. The Labute approximate surface area is 173 Å². The molecule has 0 heterocycles. The topological polar surface area (TPSA) is 26.1 Å². The predicted octanol–water partition coefficient (Wildman–Crippen LogP) is 6.46. The molecule has 0 spiro atoms. The molecule has 0 aliphatic carbocycles. The summed E-state index contributed by atoms with van der Waals surface area (Å²) in [5, 5.41) is 8.80. The van der Waals surface area contributed by atoms with E-state index < -0.39 is 5.54 Å². The molecule has 4 aromatic rings. The molecule has 0 aliphatic heterocycles. The third kappa shape index (κ3) is 4.23. The fourth-order valence-corrected chi connectivity index (χ4v) is 3.79. The number of hydrogen-bond acceptors (Lipinski definition) is 1. The van der Waals surface area contributed by atoms with Gasteiger partial charge in [-0.15, -0.1) is 6.54 Å². The van der Waals surface area contributed by atoms with Crippen LogP contribution in [0.2, 0.25) is 0 Å². The summed E-state index contributed by atoms with van der Waals surface area (Å²) >= 11 is 0. The zero-order valence-corrected chi connectivity index (χ0v) is 16.4. The van der Waals surface area contributed by atoms with E-state index in [1.807, 2.05) is 18.2 Å². The average Bonchev–Trinajstić information content (AvgIpc) is 2.82. The first-order valence-corrected chi connectivity index (χ1v) is 10.0. The molecule has 29 heavy (non-hydrogen) atoms. The highest BCUT2D eigenvalue weighted by Gasteiger charge is 2.26. The lowest BCUT2D eigenvalue weighted by Gasteiger charge is -2.49.